The second-order valence-electron chi connectivity index (χ2n) is 14.8. The third kappa shape index (κ3) is 5.81. The maximum absolute atomic E-state index is 10.3. The van der Waals surface area contributed by atoms with Gasteiger partial charge in [-0.15, -0.1) is 0 Å². The zero-order chi connectivity index (χ0) is 35.3. The van der Waals surface area contributed by atoms with Crippen LogP contribution in [0.15, 0.2) is 71.4 Å². The summed E-state index contributed by atoms with van der Waals surface area (Å²) in [6.07, 6.45) is 10.1. The van der Waals surface area contributed by atoms with Crippen LogP contribution in [0, 0.1) is 25.2 Å². The molecule has 9 nitrogen and oxygen atoms in total. The van der Waals surface area contributed by atoms with Crippen LogP contribution in [0.4, 0.5) is 11.5 Å². The summed E-state index contributed by atoms with van der Waals surface area (Å²) >= 11 is 0. The molecule has 2 aliphatic heterocycles. The number of nitrogens with zero attached hydrogens (tertiary/aromatic N) is 6. The molecule has 0 unspecified atom stereocenters. The number of fused-ring (bicyclic) bond motifs is 3. The maximum Gasteiger partial charge on any atom is 0.227 e. The van der Waals surface area contributed by atoms with Gasteiger partial charge < -0.3 is 14.8 Å². The third-order valence-corrected chi connectivity index (χ3v) is 11.5. The van der Waals surface area contributed by atoms with Gasteiger partial charge in [-0.25, -0.2) is 9.97 Å². The number of anilines is 2. The van der Waals surface area contributed by atoms with Gasteiger partial charge in [0.05, 0.1) is 6.10 Å². The summed E-state index contributed by atoms with van der Waals surface area (Å²) in [6.45, 7) is 8.87. The molecule has 0 bridgehead atoms. The van der Waals surface area contributed by atoms with E-state index in [0.717, 1.165) is 106 Å². The van der Waals surface area contributed by atoms with E-state index in [1.54, 1.807) is 0 Å². The number of β-amino-alcohol motifs (C(OH)–C–C–N with tert-alkyl or cyclic N) is 1. The number of piperidine rings is 1. The van der Waals surface area contributed by atoms with Crippen LogP contribution in [0.5, 0.6) is 0 Å². The highest BCUT2D eigenvalue weighted by Gasteiger charge is 2.33. The number of nitriles is 1. The highest BCUT2D eigenvalue weighted by Crippen LogP contribution is 2.43. The first-order chi connectivity index (χ1) is 25.4. The highest BCUT2D eigenvalue weighted by molar-refractivity contribution is 5.91. The molecule has 0 amide bonds. The molecule has 6 aromatic rings. The van der Waals surface area contributed by atoms with Crippen molar-refractivity contribution >= 4 is 33.5 Å². The molecular formula is C43H43N7O2. The topological polar surface area (TPSA) is 114 Å². The molecule has 52 heavy (non-hydrogen) atoms. The lowest BCUT2D eigenvalue weighted by molar-refractivity contribution is 0.163. The van der Waals surface area contributed by atoms with Crippen molar-refractivity contribution in [2.45, 2.75) is 71.1 Å². The molecule has 2 atom stereocenters. The fraction of sp³-hybridized carbons (Fsp3) is 0.349. The van der Waals surface area contributed by atoms with Crippen LogP contribution in [0.3, 0.4) is 0 Å². The second kappa shape index (κ2) is 13.4. The van der Waals surface area contributed by atoms with Crippen LogP contribution >= 0.6 is 0 Å². The minimum absolute atomic E-state index is 0.240. The minimum atomic E-state index is -0.240. The molecule has 262 valence electrons. The fourth-order valence-corrected chi connectivity index (χ4v) is 8.82. The number of rotatable bonds is 7. The Kier molecular flexibility index (Phi) is 8.46. The van der Waals surface area contributed by atoms with E-state index in [1.807, 2.05) is 18.5 Å². The molecule has 9 heteroatoms. The van der Waals surface area contributed by atoms with Gasteiger partial charge in [0, 0.05) is 54.7 Å². The Labute approximate surface area is 303 Å². The zero-order valence-corrected chi connectivity index (χ0v) is 29.8. The molecule has 0 saturated carbocycles. The summed E-state index contributed by atoms with van der Waals surface area (Å²) < 4.78 is 6.49. The first-order valence-electron chi connectivity index (χ1n) is 18.7. The first-order valence-corrected chi connectivity index (χ1v) is 18.7. The number of pyridine rings is 2. The van der Waals surface area contributed by atoms with E-state index in [4.69, 9.17) is 14.4 Å². The van der Waals surface area contributed by atoms with Crippen molar-refractivity contribution in [1.29, 1.82) is 5.26 Å². The molecule has 0 radical (unpaired) electrons. The van der Waals surface area contributed by atoms with Crippen molar-refractivity contribution < 1.29 is 9.52 Å². The number of oxazole rings is 1. The Balaban J connectivity index is 1.02. The van der Waals surface area contributed by atoms with Crippen molar-refractivity contribution in [1.82, 2.24) is 24.8 Å². The predicted octanol–water partition coefficient (Wildman–Crippen LogP) is 8.38. The predicted molar refractivity (Wildman–Crippen MR) is 204 cm³/mol. The number of benzene rings is 3. The quantitative estimate of drug-likeness (QED) is 0.171. The van der Waals surface area contributed by atoms with Gasteiger partial charge in [-0.1, -0.05) is 30.7 Å². The summed E-state index contributed by atoms with van der Waals surface area (Å²) in [7, 11) is 0. The van der Waals surface area contributed by atoms with Gasteiger partial charge in [-0.05, 0) is 128 Å². The van der Waals surface area contributed by atoms with E-state index in [2.05, 4.69) is 88.5 Å². The summed E-state index contributed by atoms with van der Waals surface area (Å²) in [5.74, 6) is 1.25. The molecule has 1 aliphatic carbocycles. The second-order valence-corrected chi connectivity index (χ2v) is 14.8. The van der Waals surface area contributed by atoms with Crippen molar-refractivity contribution in [3.63, 3.8) is 0 Å². The molecular weight excluding hydrogens is 647 g/mol. The lowest BCUT2D eigenvalue weighted by atomic mass is 9.93. The Morgan fingerprint density at radius 2 is 1.75 bits per heavy atom. The van der Waals surface area contributed by atoms with Crippen LogP contribution < -0.4 is 5.32 Å². The molecule has 3 aromatic heterocycles. The average molecular weight is 690 g/mol. The van der Waals surface area contributed by atoms with Gasteiger partial charge in [0.15, 0.2) is 11.4 Å². The number of hydrogen-bond donors (Lipinski definition) is 2. The van der Waals surface area contributed by atoms with Gasteiger partial charge in [-0.3, -0.25) is 14.8 Å². The first kappa shape index (κ1) is 32.7. The third-order valence-electron chi connectivity index (χ3n) is 11.5. The zero-order valence-electron chi connectivity index (χ0n) is 29.8. The van der Waals surface area contributed by atoms with Crippen LogP contribution in [-0.4, -0.2) is 62.1 Å². The molecule has 5 heterocycles. The fourth-order valence-electron chi connectivity index (χ4n) is 8.82. The van der Waals surface area contributed by atoms with Gasteiger partial charge in [0.25, 0.3) is 0 Å². The Morgan fingerprint density at radius 1 is 0.942 bits per heavy atom. The van der Waals surface area contributed by atoms with Gasteiger partial charge in [0.1, 0.15) is 22.7 Å². The minimum Gasteiger partial charge on any atom is -0.435 e. The Hall–Kier alpha value is -5.14. The van der Waals surface area contributed by atoms with E-state index < -0.39 is 0 Å². The van der Waals surface area contributed by atoms with Crippen LogP contribution in [0.2, 0.25) is 0 Å². The van der Waals surface area contributed by atoms with E-state index in [1.165, 1.54) is 24.8 Å². The van der Waals surface area contributed by atoms with Gasteiger partial charge in [0.2, 0.25) is 5.89 Å². The number of aromatic nitrogens is 3. The monoisotopic (exact) mass is 689 g/mol. The molecule has 9 rings (SSSR count). The summed E-state index contributed by atoms with van der Waals surface area (Å²) in [6, 6.07) is 21.8. The molecule has 3 aliphatic rings. The van der Waals surface area contributed by atoms with E-state index in [0.29, 0.717) is 35.4 Å². The Morgan fingerprint density at radius 3 is 2.56 bits per heavy atom. The molecule has 2 saturated heterocycles. The summed E-state index contributed by atoms with van der Waals surface area (Å²) in [4.78, 5) is 19.4. The van der Waals surface area contributed by atoms with Crippen molar-refractivity contribution in [2.75, 3.05) is 31.5 Å². The van der Waals surface area contributed by atoms with Crippen molar-refractivity contribution in [2.24, 2.45) is 0 Å². The van der Waals surface area contributed by atoms with Crippen molar-refractivity contribution in [3.8, 4) is 28.7 Å². The number of aliphatic hydroxyl groups excluding tert-OH is 1. The standard InChI is InChI=1S/C43H43N7O2/c1-26-31(8-6-10-33(26)43-48-38-21-35-34(36(22-44)41(38)52-43)12-13-39(35)50-17-4-3-5-18-50)32-9-7-11-37(27(32)2)47-42-40-29(14-16-45-42)20-28(23-46-40)24-49-19-15-30(51)25-49/h6-11,14,16,20-21,23,30,39,51H,3-5,12-13,15,17-19,24-25H2,1-2H3,(H,45,47)/t30-,39-/m1/s1. The van der Waals surface area contributed by atoms with Crippen LogP contribution in [-0.2, 0) is 13.0 Å². The highest BCUT2D eigenvalue weighted by atomic mass is 16.3. The maximum atomic E-state index is 10.3. The molecule has 3 aromatic carbocycles. The number of nitrogens with one attached hydrogen (secondary N) is 1. The van der Waals surface area contributed by atoms with Crippen LogP contribution in [0.1, 0.15) is 71.5 Å². The lowest BCUT2D eigenvalue weighted by Gasteiger charge is -2.32. The van der Waals surface area contributed by atoms with Crippen molar-refractivity contribution in [3.05, 3.63) is 100 Å². The summed E-state index contributed by atoms with van der Waals surface area (Å²) in [5, 5.41) is 24.9. The normalized spacial score (nSPS) is 19.3. The number of aliphatic hydroxyl groups is 1. The lowest BCUT2D eigenvalue weighted by Crippen LogP contribution is -2.32. The van der Waals surface area contributed by atoms with E-state index >= 15 is 0 Å². The summed E-state index contributed by atoms with van der Waals surface area (Å²) in [5.41, 5.74) is 12.6. The largest absolute Gasteiger partial charge is 0.435 e. The smallest absolute Gasteiger partial charge is 0.227 e. The average Bonchev–Trinajstić information content (AvgIpc) is 3.90. The Bertz CT molecular complexity index is 2370. The van der Waals surface area contributed by atoms with E-state index in [9.17, 15) is 10.4 Å². The molecule has 2 fully saturated rings. The molecule has 0 spiro atoms. The molecule has 2 N–H and O–H groups in total. The van der Waals surface area contributed by atoms with E-state index in [-0.39, 0.29) is 6.10 Å². The van der Waals surface area contributed by atoms with Gasteiger partial charge >= 0.3 is 0 Å². The van der Waals surface area contributed by atoms with Crippen LogP contribution in [0.25, 0.3) is 44.6 Å². The number of hydrogen-bond acceptors (Lipinski definition) is 9. The van der Waals surface area contributed by atoms with Gasteiger partial charge in [-0.2, -0.15) is 5.26 Å². The SMILES string of the molecule is Cc1c(Nc2nccc3cc(CN4CC[C@@H](O)C4)cnc23)cccc1-c1cccc(-c2nc3cc4c(c(C#N)c3o2)CC[C@H]4N2CCCCC2)c1C. The number of likely N-dealkylation sites (tertiary alicyclic amines) is 2.